The minimum absolute atomic E-state index is 0.140. The molecule has 0 unspecified atom stereocenters. The highest BCUT2D eigenvalue weighted by atomic mass is 35.5. The van der Waals surface area contributed by atoms with Gasteiger partial charge in [-0.3, -0.25) is 14.5 Å². The van der Waals surface area contributed by atoms with Crippen LogP contribution in [0.3, 0.4) is 0 Å². The number of amides is 1. The van der Waals surface area contributed by atoms with E-state index in [0.717, 1.165) is 5.56 Å². The number of ketones is 1. The fraction of sp³-hybridized carbons (Fsp3) is 0.200. The maximum Gasteiger partial charge on any atom is 0.254 e. The molecule has 0 radical (unpaired) electrons. The van der Waals surface area contributed by atoms with E-state index in [2.05, 4.69) is 4.90 Å². The lowest BCUT2D eigenvalue weighted by Crippen LogP contribution is -2.48. The number of hydrogen-bond acceptors (Lipinski definition) is 3. The van der Waals surface area contributed by atoms with Gasteiger partial charge < -0.3 is 4.90 Å². The average Bonchev–Trinajstić information content (AvgIpc) is 2.81. The Kier molecular flexibility index (Phi) is 7.17. The van der Waals surface area contributed by atoms with Gasteiger partial charge in [0.15, 0.2) is 5.78 Å². The Hall–Kier alpha value is -2.37. The maximum absolute atomic E-state index is 13.3. The average molecular weight is 488 g/mol. The van der Waals surface area contributed by atoms with Crippen LogP contribution < -0.4 is 0 Å². The minimum atomic E-state index is -0.197. The quantitative estimate of drug-likeness (QED) is 0.425. The Morgan fingerprint density at radius 1 is 0.719 bits per heavy atom. The lowest BCUT2D eigenvalue weighted by Gasteiger charge is -2.35. The Morgan fingerprint density at radius 2 is 1.31 bits per heavy atom. The van der Waals surface area contributed by atoms with Crippen molar-refractivity contribution in [1.29, 1.82) is 0 Å². The van der Waals surface area contributed by atoms with Gasteiger partial charge in [0.1, 0.15) is 0 Å². The van der Waals surface area contributed by atoms with Gasteiger partial charge in [0.05, 0.1) is 5.56 Å². The van der Waals surface area contributed by atoms with Crippen molar-refractivity contribution in [2.45, 2.75) is 6.54 Å². The Labute approximate surface area is 202 Å². The monoisotopic (exact) mass is 486 g/mol. The number of nitrogens with zero attached hydrogens (tertiary/aromatic N) is 2. The predicted octanol–water partition coefficient (Wildman–Crippen LogP) is 5.84. The van der Waals surface area contributed by atoms with Gasteiger partial charge in [0, 0.05) is 64.5 Å². The summed E-state index contributed by atoms with van der Waals surface area (Å²) in [5, 5.41) is 1.85. The summed E-state index contributed by atoms with van der Waals surface area (Å²) in [6.07, 6.45) is 0. The van der Waals surface area contributed by atoms with Crippen LogP contribution in [-0.2, 0) is 6.54 Å². The molecule has 164 valence electrons. The van der Waals surface area contributed by atoms with E-state index in [1.807, 2.05) is 18.2 Å². The Morgan fingerprint density at radius 3 is 1.94 bits per heavy atom. The van der Waals surface area contributed by atoms with Crippen molar-refractivity contribution in [3.05, 3.63) is 104 Å². The number of benzene rings is 3. The molecule has 7 heteroatoms. The van der Waals surface area contributed by atoms with Gasteiger partial charge in [0.25, 0.3) is 5.91 Å². The zero-order valence-electron chi connectivity index (χ0n) is 17.2. The SMILES string of the molecule is O=C(c1ccc(Cl)cc1)c1ccccc1C(=O)N1CCN(Cc2c(Cl)cccc2Cl)CC1. The first-order valence-corrected chi connectivity index (χ1v) is 11.4. The zero-order chi connectivity index (χ0) is 22.7. The Balaban J connectivity index is 1.46. The molecule has 0 spiro atoms. The van der Waals surface area contributed by atoms with Crippen LogP contribution in [0.25, 0.3) is 0 Å². The van der Waals surface area contributed by atoms with E-state index in [0.29, 0.717) is 64.5 Å². The fourth-order valence-electron chi connectivity index (χ4n) is 3.81. The number of rotatable bonds is 5. The highest BCUT2D eigenvalue weighted by molar-refractivity contribution is 6.36. The van der Waals surface area contributed by atoms with E-state index in [-0.39, 0.29) is 11.7 Å². The highest BCUT2D eigenvalue weighted by Gasteiger charge is 2.26. The van der Waals surface area contributed by atoms with E-state index in [9.17, 15) is 9.59 Å². The largest absolute Gasteiger partial charge is 0.336 e. The summed E-state index contributed by atoms with van der Waals surface area (Å²) in [7, 11) is 0. The number of carbonyl (C=O) groups excluding carboxylic acids is 2. The second-order valence-electron chi connectivity index (χ2n) is 7.65. The third-order valence-electron chi connectivity index (χ3n) is 5.61. The maximum atomic E-state index is 13.3. The van der Waals surface area contributed by atoms with Gasteiger partial charge in [-0.15, -0.1) is 0 Å². The summed E-state index contributed by atoms with van der Waals surface area (Å²) in [6, 6.07) is 19.1. The molecule has 1 fully saturated rings. The lowest BCUT2D eigenvalue weighted by molar-refractivity contribution is 0.0625. The third kappa shape index (κ3) is 5.00. The molecular weight excluding hydrogens is 467 g/mol. The number of halogens is 3. The molecule has 3 aromatic rings. The molecule has 1 amide bonds. The molecular formula is C25H21Cl3N2O2. The summed E-state index contributed by atoms with van der Waals surface area (Å²) >= 11 is 18.5. The summed E-state index contributed by atoms with van der Waals surface area (Å²) in [4.78, 5) is 30.3. The molecule has 1 aliphatic rings. The van der Waals surface area contributed by atoms with Gasteiger partial charge in [0.2, 0.25) is 0 Å². The van der Waals surface area contributed by atoms with E-state index in [1.54, 1.807) is 53.4 Å². The van der Waals surface area contributed by atoms with E-state index < -0.39 is 0 Å². The molecule has 1 aliphatic heterocycles. The second-order valence-corrected chi connectivity index (χ2v) is 8.90. The molecule has 4 rings (SSSR count). The van der Waals surface area contributed by atoms with Crippen LogP contribution in [0.2, 0.25) is 15.1 Å². The third-order valence-corrected chi connectivity index (χ3v) is 6.57. The summed E-state index contributed by atoms with van der Waals surface area (Å²) in [6.45, 7) is 3.14. The molecule has 0 saturated carbocycles. The van der Waals surface area contributed by atoms with Gasteiger partial charge in [-0.2, -0.15) is 0 Å². The van der Waals surface area contributed by atoms with Crippen molar-refractivity contribution in [3.8, 4) is 0 Å². The molecule has 0 atom stereocenters. The molecule has 0 aliphatic carbocycles. The first kappa shape index (κ1) is 22.8. The van der Waals surface area contributed by atoms with Crippen molar-refractivity contribution in [2.75, 3.05) is 26.2 Å². The smallest absolute Gasteiger partial charge is 0.254 e. The molecule has 1 heterocycles. The number of hydrogen-bond donors (Lipinski definition) is 0. The molecule has 0 bridgehead atoms. The standard InChI is InChI=1S/C25H21Cl3N2O2/c26-18-10-8-17(9-11-18)24(31)19-4-1-2-5-20(19)25(32)30-14-12-29(13-15-30)16-21-22(27)6-3-7-23(21)28/h1-11H,12-16H2. The minimum Gasteiger partial charge on any atom is -0.336 e. The number of piperazine rings is 1. The first-order chi connectivity index (χ1) is 15.4. The van der Waals surface area contributed by atoms with Crippen molar-refractivity contribution in [3.63, 3.8) is 0 Å². The second kappa shape index (κ2) is 10.1. The molecule has 32 heavy (non-hydrogen) atoms. The normalized spacial score (nSPS) is 14.4. The van der Waals surface area contributed by atoms with Crippen LogP contribution in [0.1, 0.15) is 31.8 Å². The van der Waals surface area contributed by atoms with Crippen molar-refractivity contribution >= 4 is 46.5 Å². The summed E-state index contributed by atoms with van der Waals surface area (Å²) < 4.78 is 0. The van der Waals surface area contributed by atoms with Crippen molar-refractivity contribution in [2.24, 2.45) is 0 Å². The van der Waals surface area contributed by atoms with Crippen LogP contribution in [0, 0.1) is 0 Å². The van der Waals surface area contributed by atoms with E-state index in [1.165, 1.54) is 0 Å². The van der Waals surface area contributed by atoms with E-state index >= 15 is 0 Å². The highest BCUT2D eigenvalue weighted by Crippen LogP contribution is 2.26. The van der Waals surface area contributed by atoms with Gasteiger partial charge in [-0.05, 0) is 42.5 Å². The van der Waals surface area contributed by atoms with Crippen LogP contribution in [-0.4, -0.2) is 47.7 Å². The fourth-order valence-corrected chi connectivity index (χ4v) is 4.45. The molecule has 0 aromatic heterocycles. The molecule has 4 nitrogen and oxygen atoms in total. The molecule has 0 N–H and O–H groups in total. The van der Waals surface area contributed by atoms with Crippen molar-refractivity contribution in [1.82, 2.24) is 9.80 Å². The first-order valence-electron chi connectivity index (χ1n) is 10.3. The van der Waals surface area contributed by atoms with Gasteiger partial charge in [-0.1, -0.05) is 59.1 Å². The van der Waals surface area contributed by atoms with Crippen LogP contribution in [0.5, 0.6) is 0 Å². The van der Waals surface area contributed by atoms with Crippen LogP contribution in [0.4, 0.5) is 0 Å². The van der Waals surface area contributed by atoms with Crippen molar-refractivity contribution < 1.29 is 9.59 Å². The zero-order valence-corrected chi connectivity index (χ0v) is 19.5. The molecule has 1 saturated heterocycles. The Bertz CT molecular complexity index is 1120. The topological polar surface area (TPSA) is 40.6 Å². The van der Waals surface area contributed by atoms with Crippen LogP contribution >= 0.6 is 34.8 Å². The van der Waals surface area contributed by atoms with Crippen LogP contribution in [0.15, 0.2) is 66.7 Å². The summed E-state index contributed by atoms with van der Waals surface area (Å²) in [5.41, 5.74) is 2.20. The van der Waals surface area contributed by atoms with Gasteiger partial charge >= 0.3 is 0 Å². The van der Waals surface area contributed by atoms with E-state index in [4.69, 9.17) is 34.8 Å². The lowest BCUT2D eigenvalue weighted by atomic mass is 9.97. The summed E-state index contributed by atoms with van der Waals surface area (Å²) in [5.74, 6) is -0.337. The predicted molar refractivity (Wildman–Crippen MR) is 129 cm³/mol. The van der Waals surface area contributed by atoms with Gasteiger partial charge in [-0.25, -0.2) is 0 Å². The molecule has 3 aromatic carbocycles. The number of carbonyl (C=O) groups is 2.